The molecule has 2 fully saturated rings. The Labute approximate surface area is 130 Å². The van der Waals surface area contributed by atoms with Gasteiger partial charge in [0.25, 0.3) is 0 Å². The van der Waals surface area contributed by atoms with Gasteiger partial charge in [0, 0.05) is 31.6 Å². The van der Waals surface area contributed by atoms with Crippen molar-refractivity contribution in [1.29, 1.82) is 0 Å². The highest BCUT2D eigenvalue weighted by atomic mass is 35.5. The number of nitrogens with two attached hydrogens (primary N) is 1. The van der Waals surface area contributed by atoms with E-state index in [1.807, 2.05) is 6.07 Å². The minimum Gasteiger partial charge on any atom is -0.370 e. The molecule has 4 nitrogen and oxygen atoms in total. The normalized spacial score (nSPS) is 19.8. The molecule has 0 atom stereocenters. The van der Waals surface area contributed by atoms with Gasteiger partial charge in [0.1, 0.15) is 0 Å². The molecule has 1 saturated carbocycles. The minimum atomic E-state index is -0.178. The Morgan fingerprint density at radius 3 is 2.57 bits per heavy atom. The summed E-state index contributed by atoms with van der Waals surface area (Å²) in [5.41, 5.74) is 7.66. The first-order chi connectivity index (χ1) is 10.1. The predicted molar refractivity (Wildman–Crippen MR) is 85.4 cm³/mol. The summed E-state index contributed by atoms with van der Waals surface area (Å²) >= 11 is 6.43. The van der Waals surface area contributed by atoms with Gasteiger partial charge in [-0.3, -0.25) is 4.79 Å². The van der Waals surface area contributed by atoms with Crippen LogP contribution in [0.3, 0.4) is 0 Å². The summed E-state index contributed by atoms with van der Waals surface area (Å²) in [6, 6.07) is 6.98. The zero-order valence-electron chi connectivity index (χ0n) is 12.1. The van der Waals surface area contributed by atoms with Gasteiger partial charge in [-0.15, -0.1) is 0 Å². The molecule has 0 aromatic heterocycles. The van der Waals surface area contributed by atoms with Gasteiger partial charge in [-0.05, 0) is 43.4 Å². The van der Waals surface area contributed by atoms with Crippen LogP contribution in [0.25, 0.3) is 0 Å². The number of carbonyl (C=O) groups is 1. The molecular formula is C16H22ClN3O. The Kier molecular flexibility index (Phi) is 4.36. The highest BCUT2D eigenvalue weighted by molar-refractivity contribution is 6.33. The smallest absolute Gasteiger partial charge is 0.220 e. The average Bonchev–Trinajstić information content (AvgIpc) is 3.29. The molecule has 0 spiro atoms. The van der Waals surface area contributed by atoms with E-state index in [0.717, 1.165) is 43.2 Å². The van der Waals surface area contributed by atoms with Crippen molar-refractivity contribution in [3.8, 4) is 0 Å². The molecule has 0 radical (unpaired) electrons. The standard InChI is InChI=1S/C16H22ClN3O/c17-14-9-11(10-19-13-2-3-13)1-4-15(14)20-7-5-12(6-8-20)16(18)21/h1,4,9,12-13,19H,2-3,5-8,10H2,(H2,18,21). The van der Waals surface area contributed by atoms with E-state index in [2.05, 4.69) is 22.3 Å². The van der Waals surface area contributed by atoms with Crippen LogP contribution in [-0.2, 0) is 11.3 Å². The average molecular weight is 308 g/mol. The molecule has 5 heteroatoms. The number of rotatable bonds is 5. The van der Waals surface area contributed by atoms with E-state index in [1.54, 1.807) is 0 Å². The van der Waals surface area contributed by atoms with Crippen LogP contribution in [0.5, 0.6) is 0 Å². The lowest BCUT2D eigenvalue weighted by Crippen LogP contribution is -2.38. The van der Waals surface area contributed by atoms with Gasteiger partial charge in [-0.1, -0.05) is 17.7 Å². The van der Waals surface area contributed by atoms with Crippen molar-refractivity contribution in [2.75, 3.05) is 18.0 Å². The largest absolute Gasteiger partial charge is 0.370 e. The lowest BCUT2D eigenvalue weighted by atomic mass is 9.96. The van der Waals surface area contributed by atoms with E-state index in [-0.39, 0.29) is 11.8 Å². The van der Waals surface area contributed by atoms with E-state index in [4.69, 9.17) is 17.3 Å². The van der Waals surface area contributed by atoms with Crippen molar-refractivity contribution < 1.29 is 4.79 Å². The van der Waals surface area contributed by atoms with Gasteiger partial charge in [0.15, 0.2) is 0 Å². The molecule has 1 aliphatic heterocycles. The fourth-order valence-electron chi connectivity index (χ4n) is 2.87. The number of carbonyl (C=O) groups excluding carboxylic acids is 1. The van der Waals surface area contributed by atoms with Crippen molar-refractivity contribution in [3.05, 3.63) is 28.8 Å². The number of hydrogen-bond donors (Lipinski definition) is 2. The number of primary amides is 1. The van der Waals surface area contributed by atoms with E-state index in [0.29, 0.717) is 6.04 Å². The van der Waals surface area contributed by atoms with Crippen LogP contribution >= 0.6 is 11.6 Å². The van der Waals surface area contributed by atoms with E-state index in [9.17, 15) is 4.79 Å². The van der Waals surface area contributed by atoms with Crippen LogP contribution in [-0.4, -0.2) is 25.0 Å². The molecule has 2 aliphatic rings. The van der Waals surface area contributed by atoms with Crippen LogP contribution in [0, 0.1) is 5.92 Å². The number of hydrogen-bond acceptors (Lipinski definition) is 3. The fourth-order valence-corrected chi connectivity index (χ4v) is 3.19. The Hall–Kier alpha value is -1.26. The Morgan fingerprint density at radius 1 is 1.29 bits per heavy atom. The first-order valence-corrected chi connectivity index (χ1v) is 8.07. The molecule has 1 saturated heterocycles. The van der Waals surface area contributed by atoms with E-state index >= 15 is 0 Å². The molecular weight excluding hydrogens is 286 g/mol. The number of benzene rings is 1. The van der Waals surface area contributed by atoms with Gasteiger partial charge in [-0.2, -0.15) is 0 Å². The van der Waals surface area contributed by atoms with Gasteiger partial charge in [0.2, 0.25) is 5.91 Å². The summed E-state index contributed by atoms with van der Waals surface area (Å²) in [6.45, 7) is 2.56. The minimum absolute atomic E-state index is 0.0158. The molecule has 1 aromatic rings. The maximum absolute atomic E-state index is 11.2. The predicted octanol–water partition coefficient (Wildman–Crippen LogP) is 2.29. The van der Waals surface area contributed by atoms with Crippen LogP contribution in [0.15, 0.2) is 18.2 Å². The Balaban J connectivity index is 1.61. The Bertz CT molecular complexity index is 522. The molecule has 1 heterocycles. The fraction of sp³-hybridized carbons (Fsp3) is 0.562. The van der Waals surface area contributed by atoms with Gasteiger partial charge < -0.3 is 16.0 Å². The number of amides is 1. The molecule has 114 valence electrons. The molecule has 1 aromatic carbocycles. The van der Waals surface area contributed by atoms with Crippen LogP contribution in [0.2, 0.25) is 5.02 Å². The van der Waals surface area contributed by atoms with Crippen molar-refractivity contribution in [2.45, 2.75) is 38.3 Å². The van der Waals surface area contributed by atoms with Crippen molar-refractivity contribution in [3.63, 3.8) is 0 Å². The maximum Gasteiger partial charge on any atom is 0.220 e. The lowest BCUT2D eigenvalue weighted by Gasteiger charge is -2.33. The zero-order chi connectivity index (χ0) is 14.8. The maximum atomic E-state index is 11.2. The van der Waals surface area contributed by atoms with Crippen LogP contribution in [0.1, 0.15) is 31.2 Å². The van der Waals surface area contributed by atoms with E-state index in [1.165, 1.54) is 18.4 Å². The zero-order valence-corrected chi connectivity index (χ0v) is 12.9. The number of anilines is 1. The molecule has 3 N–H and O–H groups in total. The molecule has 0 bridgehead atoms. The van der Waals surface area contributed by atoms with Crippen LogP contribution in [0.4, 0.5) is 5.69 Å². The number of halogens is 1. The van der Waals surface area contributed by atoms with Crippen molar-refractivity contribution in [2.24, 2.45) is 11.7 Å². The third-order valence-corrected chi connectivity index (χ3v) is 4.73. The first-order valence-electron chi connectivity index (χ1n) is 7.69. The number of nitrogens with one attached hydrogen (secondary N) is 1. The summed E-state index contributed by atoms with van der Waals surface area (Å²) in [5, 5.41) is 4.29. The molecule has 21 heavy (non-hydrogen) atoms. The van der Waals surface area contributed by atoms with Gasteiger partial charge in [0.05, 0.1) is 10.7 Å². The quantitative estimate of drug-likeness (QED) is 0.877. The highest BCUT2D eigenvalue weighted by Crippen LogP contribution is 2.30. The second kappa shape index (κ2) is 6.24. The summed E-state index contributed by atoms with van der Waals surface area (Å²) < 4.78 is 0. The number of nitrogens with zero attached hydrogens (tertiary/aromatic N) is 1. The number of piperidine rings is 1. The topological polar surface area (TPSA) is 58.4 Å². The van der Waals surface area contributed by atoms with Crippen molar-refractivity contribution in [1.82, 2.24) is 5.32 Å². The van der Waals surface area contributed by atoms with Gasteiger partial charge in [-0.25, -0.2) is 0 Å². The van der Waals surface area contributed by atoms with Crippen LogP contribution < -0.4 is 16.0 Å². The SMILES string of the molecule is NC(=O)C1CCN(c2ccc(CNC3CC3)cc2Cl)CC1. The lowest BCUT2D eigenvalue weighted by molar-refractivity contribution is -0.122. The second-order valence-electron chi connectivity index (χ2n) is 6.10. The second-order valence-corrected chi connectivity index (χ2v) is 6.51. The molecule has 1 amide bonds. The Morgan fingerprint density at radius 2 is 2.00 bits per heavy atom. The first kappa shape index (κ1) is 14.7. The summed E-state index contributed by atoms with van der Waals surface area (Å²) in [4.78, 5) is 13.5. The highest BCUT2D eigenvalue weighted by Gasteiger charge is 2.24. The summed E-state index contributed by atoms with van der Waals surface area (Å²) in [6.07, 6.45) is 4.22. The molecule has 1 aliphatic carbocycles. The summed E-state index contributed by atoms with van der Waals surface area (Å²) in [5.74, 6) is -0.163. The van der Waals surface area contributed by atoms with Crippen molar-refractivity contribution >= 4 is 23.2 Å². The molecule has 3 rings (SSSR count). The third kappa shape index (κ3) is 3.69. The molecule has 0 unspecified atom stereocenters. The monoisotopic (exact) mass is 307 g/mol. The summed E-state index contributed by atoms with van der Waals surface area (Å²) in [7, 11) is 0. The van der Waals surface area contributed by atoms with Gasteiger partial charge >= 0.3 is 0 Å². The van der Waals surface area contributed by atoms with E-state index < -0.39 is 0 Å². The third-order valence-electron chi connectivity index (χ3n) is 4.42.